The van der Waals surface area contributed by atoms with Gasteiger partial charge in [-0.1, -0.05) is 15.9 Å². The summed E-state index contributed by atoms with van der Waals surface area (Å²) in [5.41, 5.74) is 4.93. The van der Waals surface area contributed by atoms with Gasteiger partial charge in [-0.25, -0.2) is 0 Å². The summed E-state index contributed by atoms with van der Waals surface area (Å²) in [7, 11) is 0. The van der Waals surface area contributed by atoms with Crippen molar-refractivity contribution in [3.05, 3.63) is 0 Å². The average Bonchev–Trinajstić information content (AvgIpc) is 1.65. The van der Waals surface area contributed by atoms with Crippen LogP contribution in [0.4, 0.5) is 0 Å². The second-order valence-corrected chi connectivity index (χ2v) is 3.76. The Hall–Kier alpha value is -0.0900. The van der Waals surface area contributed by atoms with Crippen LogP contribution in [-0.2, 0) is 4.79 Å². The fourth-order valence-electron chi connectivity index (χ4n) is 0.206. The third-order valence-electron chi connectivity index (χ3n) is 1.27. The number of carbonyl (C=O) groups is 1. The first-order valence-electron chi connectivity index (χ1n) is 2.56. The van der Waals surface area contributed by atoms with E-state index >= 15 is 0 Å². The first-order valence-corrected chi connectivity index (χ1v) is 3.35. The molecule has 0 fully saturated rings. The van der Waals surface area contributed by atoms with Crippen LogP contribution in [0.5, 0.6) is 0 Å². The number of halogens is 1. The second-order valence-electron chi connectivity index (χ2n) is 2.12. The lowest BCUT2D eigenvalue weighted by Gasteiger charge is -2.20. The molecule has 0 aromatic carbocycles. The van der Waals surface area contributed by atoms with E-state index < -0.39 is 16.3 Å². The summed E-state index contributed by atoms with van der Waals surface area (Å²) < 4.78 is -0.993. The number of alkyl halides is 1. The van der Waals surface area contributed by atoms with E-state index in [1.807, 2.05) is 0 Å². The number of aliphatic hydroxyl groups excluding tert-OH is 1. The quantitative estimate of drug-likeness (QED) is 0.611. The molecule has 0 aliphatic heterocycles. The number of amides is 1. The summed E-state index contributed by atoms with van der Waals surface area (Å²) in [6.45, 7) is 3.03. The standard InChI is InChI=1S/C5H10BrNO2/c1-3(8)5(2,6)4(7)9/h3,8H,1-2H3,(H2,7,9)/t3-,5+/m1/s1. The zero-order valence-corrected chi connectivity index (χ0v) is 6.97. The zero-order valence-electron chi connectivity index (χ0n) is 5.39. The lowest BCUT2D eigenvalue weighted by molar-refractivity contribution is -0.121. The largest absolute Gasteiger partial charge is 0.391 e. The van der Waals surface area contributed by atoms with Crippen molar-refractivity contribution in [3.63, 3.8) is 0 Å². The molecule has 0 heterocycles. The maximum atomic E-state index is 10.5. The van der Waals surface area contributed by atoms with Crippen LogP contribution in [0, 0.1) is 0 Å². The van der Waals surface area contributed by atoms with Gasteiger partial charge in [0.15, 0.2) is 0 Å². The molecule has 0 unspecified atom stereocenters. The molecule has 9 heavy (non-hydrogen) atoms. The van der Waals surface area contributed by atoms with Gasteiger partial charge in [0, 0.05) is 0 Å². The Kier molecular flexibility index (Phi) is 2.64. The number of nitrogens with two attached hydrogens (primary N) is 1. The number of rotatable bonds is 2. The Morgan fingerprint density at radius 3 is 2.22 bits per heavy atom. The molecule has 1 amide bonds. The lowest BCUT2D eigenvalue weighted by Crippen LogP contribution is -2.43. The van der Waals surface area contributed by atoms with Crippen molar-refractivity contribution in [1.82, 2.24) is 0 Å². The SMILES string of the molecule is C[C@@H](O)[C@](C)(Br)C(N)=O. The van der Waals surface area contributed by atoms with Crippen molar-refractivity contribution in [2.45, 2.75) is 24.3 Å². The van der Waals surface area contributed by atoms with E-state index in [1.54, 1.807) is 0 Å². The van der Waals surface area contributed by atoms with Crippen LogP contribution in [0.3, 0.4) is 0 Å². The highest BCUT2D eigenvalue weighted by Crippen LogP contribution is 2.20. The van der Waals surface area contributed by atoms with Gasteiger partial charge in [-0.2, -0.15) is 0 Å². The smallest absolute Gasteiger partial charge is 0.236 e. The van der Waals surface area contributed by atoms with Crippen LogP contribution in [0.1, 0.15) is 13.8 Å². The highest BCUT2D eigenvalue weighted by atomic mass is 79.9. The summed E-state index contributed by atoms with van der Waals surface area (Å²) in [4.78, 5) is 10.5. The molecule has 0 aliphatic carbocycles. The van der Waals surface area contributed by atoms with E-state index in [1.165, 1.54) is 13.8 Å². The molecule has 0 aliphatic rings. The Morgan fingerprint density at radius 1 is 1.89 bits per heavy atom. The Balaban J connectivity index is 4.19. The number of aliphatic hydroxyl groups is 1. The van der Waals surface area contributed by atoms with Crippen LogP contribution < -0.4 is 5.73 Å². The van der Waals surface area contributed by atoms with E-state index in [0.29, 0.717) is 0 Å². The summed E-state index contributed by atoms with van der Waals surface area (Å²) >= 11 is 2.99. The van der Waals surface area contributed by atoms with Gasteiger partial charge in [-0.05, 0) is 13.8 Å². The fourth-order valence-corrected chi connectivity index (χ4v) is 0.206. The van der Waals surface area contributed by atoms with Gasteiger partial charge in [0.2, 0.25) is 5.91 Å². The Bertz CT molecular complexity index is 122. The molecule has 3 N–H and O–H groups in total. The maximum absolute atomic E-state index is 10.5. The lowest BCUT2D eigenvalue weighted by atomic mass is 10.1. The molecule has 0 radical (unpaired) electrons. The molecule has 4 heteroatoms. The van der Waals surface area contributed by atoms with E-state index in [4.69, 9.17) is 10.8 Å². The molecular formula is C5H10BrNO2. The maximum Gasteiger partial charge on any atom is 0.236 e. The van der Waals surface area contributed by atoms with Gasteiger partial charge in [-0.3, -0.25) is 4.79 Å². The molecule has 0 bridgehead atoms. The number of primary amides is 1. The first kappa shape index (κ1) is 8.91. The van der Waals surface area contributed by atoms with Crippen LogP contribution in [0.15, 0.2) is 0 Å². The molecule has 0 spiro atoms. The number of hydrogen-bond donors (Lipinski definition) is 2. The molecule has 0 aromatic heterocycles. The van der Waals surface area contributed by atoms with E-state index in [-0.39, 0.29) is 0 Å². The van der Waals surface area contributed by atoms with Gasteiger partial charge < -0.3 is 10.8 Å². The minimum atomic E-state index is -0.993. The molecule has 0 saturated heterocycles. The van der Waals surface area contributed by atoms with Gasteiger partial charge in [0.25, 0.3) is 0 Å². The Labute approximate surface area is 62.4 Å². The van der Waals surface area contributed by atoms with E-state index in [9.17, 15) is 4.79 Å². The van der Waals surface area contributed by atoms with Crippen molar-refractivity contribution in [1.29, 1.82) is 0 Å². The summed E-state index contributed by atoms with van der Waals surface area (Å²) in [5, 5.41) is 8.90. The van der Waals surface area contributed by atoms with Crippen LogP contribution in [0.25, 0.3) is 0 Å². The summed E-state index contributed by atoms with van der Waals surface area (Å²) in [6.07, 6.45) is -0.769. The zero-order chi connectivity index (χ0) is 7.65. The van der Waals surface area contributed by atoms with Crippen LogP contribution >= 0.6 is 15.9 Å². The monoisotopic (exact) mass is 195 g/mol. The minimum absolute atomic E-state index is 0.558. The predicted octanol–water partition coefficient (Wildman–Crippen LogP) is 0.00610. The van der Waals surface area contributed by atoms with Gasteiger partial charge in [0.1, 0.15) is 4.32 Å². The van der Waals surface area contributed by atoms with Crippen LogP contribution in [0.2, 0.25) is 0 Å². The van der Waals surface area contributed by atoms with E-state index in [0.717, 1.165) is 0 Å². The molecule has 0 saturated carbocycles. The molecule has 0 rings (SSSR count). The molecular weight excluding hydrogens is 186 g/mol. The van der Waals surface area contributed by atoms with Crippen molar-refractivity contribution < 1.29 is 9.90 Å². The topological polar surface area (TPSA) is 63.3 Å². The highest BCUT2D eigenvalue weighted by molar-refractivity contribution is 9.10. The third kappa shape index (κ3) is 1.95. The molecule has 2 atom stereocenters. The summed E-state index contributed by atoms with van der Waals surface area (Å²) in [5.74, 6) is -0.558. The predicted molar refractivity (Wildman–Crippen MR) is 38.2 cm³/mol. The van der Waals surface area contributed by atoms with E-state index in [2.05, 4.69) is 15.9 Å². The summed E-state index contributed by atoms with van der Waals surface area (Å²) in [6, 6.07) is 0. The number of hydrogen-bond acceptors (Lipinski definition) is 2. The van der Waals surface area contributed by atoms with Gasteiger partial charge in [-0.15, -0.1) is 0 Å². The minimum Gasteiger partial charge on any atom is -0.391 e. The average molecular weight is 196 g/mol. The first-order chi connectivity index (χ1) is 3.89. The second kappa shape index (κ2) is 2.66. The number of carbonyl (C=O) groups excluding carboxylic acids is 1. The normalized spacial score (nSPS) is 20.4. The Morgan fingerprint density at radius 2 is 2.22 bits per heavy atom. The highest BCUT2D eigenvalue weighted by Gasteiger charge is 2.32. The van der Waals surface area contributed by atoms with Crippen molar-refractivity contribution >= 4 is 21.8 Å². The van der Waals surface area contributed by atoms with Crippen LogP contribution in [-0.4, -0.2) is 21.4 Å². The van der Waals surface area contributed by atoms with Crippen molar-refractivity contribution in [3.8, 4) is 0 Å². The fraction of sp³-hybridized carbons (Fsp3) is 0.800. The van der Waals surface area contributed by atoms with Gasteiger partial charge in [0.05, 0.1) is 6.10 Å². The van der Waals surface area contributed by atoms with Gasteiger partial charge >= 0.3 is 0 Å². The van der Waals surface area contributed by atoms with Crippen molar-refractivity contribution in [2.75, 3.05) is 0 Å². The molecule has 0 aromatic rings. The van der Waals surface area contributed by atoms with Crippen molar-refractivity contribution in [2.24, 2.45) is 5.73 Å². The third-order valence-corrected chi connectivity index (χ3v) is 2.32. The molecule has 54 valence electrons. The molecule has 3 nitrogen and oxygen atoms in total.